The zero-order chi connectivity index (χ0) is 19.6. The van der Waals surface area contributed by atoms with E-state index in [0.717, 1.165) is 36.3 Å². The van der Waals surface area contributed by atoms with Crippen LogP contribution in [0.1, 0.15) is 46.4 Å². The zero-order valence-corrected chi connectivity index (χ0v) is 17.2. The van der Waals surface area contributed by atoms with Gasteiger partial charge in [0.15, 0.2) is 11.2 Å². The fourth-order valence-electron chi connectivity index (χ4n) is 3.06. The summed E-state index contributed by atoms with van der Waals surface area (Å²) in [4.78, 5) is 31.7. The standard InChI is InChI=1S/C19H33N5O2/c1-13(2)8-10-24(11-9-14(3)4)12-15-20-17-16(21(15)5)18(25)23(7)19(26)22(17)6/h13-14H,8-12H2,1-7H3. The van der Waals surface area contributed by atoms with E-state index in [1.807, 2.05) is 11.6 Å². The van der Waals surface area contributed by atoms with E-state index in [-0.39, 0.29) is 11.2 Å². The Morgan fingerprint density at radius 3 is 1.92 bits per heavy atom. The SMILES string of the molecule is CC(C)CCN(CCC(C)C)Cc1nc2c(c(=O)n(C)c(=O)n2C)n1C. The molecule has 0 amide bonds. The van der Waals surface area contributed by atoms with Gasteiger partial charge < -0.3 is 4.57 Å². The second-order valence-electron chi connectivity index (χ2n) is 8.11. The first-order valence-corrected chi connectivity index (χ1v) is 9.47. The van der Waals surface area contributed by atoms with Gasteiger partial charge in [0.2, 0.25) is 0 Å². The lowest BCUT2D eigenvalue weighted by Crippen LogP contribution is -2.37. The summed E-state index contributed by atoms with van der Waals surface area (Å²) in [6, 6.07) is 0. The summed E-state index contributed by atoms with van der Waals surface area (Å²) in [6.45, 7) is 11.6. The highest BCUT2D eigenvalue weighted by molar-refractivity contribution is 5.70. The molecule has 7 heteroatoms. The Morgan fingerprint density at radius 1 is 0.885 bits per heavy atom. The Kier molecular flexibility index (Phi) is 6.44. The number of fused-ring (bicyclic) bond motifs is 1. The van der Waals surface area contributed by atoms with Crippen LogP contribution in [0.4, 0.5) is 0 Å². The topological polar surface area (TPSA) is 65.1 Å². The van der Waals surface area contributed by atoms with Crippen molar-refractivity contribution in [2.24, 2.45) is 33.0 Å². The molecule has 0 unspecified atom stereocenters. The van der Waals surface area contributed by atoms with Crippen LogP contribution in [0.25, 0.3) is 11.2 Å². The number of nitrogens with zero attached hydrogens (tertiary/aromatic N) is 5. The molecule has 0 N–H and O–H groups in total. The first kappa shape index (κ1) is 20.4. The summed E-state index contributed by atoms with van der Waals surface area (Å²) in [5.74, 6) is 2.11. The molecule has 0 fully saturated rings. The molecule has 2 aromatic heterocycles. The number of imidazole rings is 1. The van der Waals surface area contributed by atoms with Crippen LogP contribution in [0.2, 0.25) is 0 Å². The fourth-order valence-corrected chi connectivity index (χ4v) is 3.06. The molecule has 0 aliphatic rings. The number of aryl methyl sites for hydroxylation is 2. The maximum absolute atomic E-state index is 12.5. The molecule has 0 saturated heterocycles. The monoisotopic (exact) mass is 363 g/mol. The zero-order valence-electron chi connectivity index (χ0n) is 17.2. The minimum Gasteiger partial charge on any atom is -0.324 e. The van der Waals surface area contributed by atoms with Crippen LogP contribution in [0.5, 0.6) is 0 Å². The van der Waals surface area contributed by atoms with Crippen LogP contribution in [0.15, 0.2) is 9.59 Å². The second-order valence-corrected chi connectivity index (χ2v) is 8.11. The van der Waals surface area contributed by atoms with Gasteiger partial charge in [-0.05, 0) is 37.8 Å². The molecule has 0 saturated carbocycles. The van der Waals surface area contributed by atoms with E-state index in [9.17, 15) is 9.59 Å². The third-order valence-corrected chi connectivity index (χ3v) is 4.98. The lowest BCUT2D eigenvalue weighted by Gasteiger charge is -2.23. The van der Waals surface area contributed by atoms with Crippen molar-refractivity contribution < 1.29 is 0 Å². The Morgan fingerprint density at radius 2 is 1.42 bits per heavy atom. The van der Waals surface area contributed by atoms with E-state index in [4.69, 9.17) is 0 Å². The summed E-state index contributed by atoms with van der Waals surface area (Å²) in [5.41, 5.74) is 0.310. The fraction of sp³-hybridized carbons (Fsp3) is 0.737. The summed E-state index contributed by atoms with van der Waals surface area (Å²) < 4.78 is 4.44. The third-order valence-electron chi connectivity index (χ3n) is 4.98. The van der Waals surface area contributed by atoms with Crippen molar-refractivity contribution in [3.63, 3.8) is 0 Å². The van der Waals surface area contributed by atoms with Crippen molar-refractivity contribution in [1.29, 1.82) is 0 Å². The van der Waals surface area contributed by atoms with Gasteiger partial charge in [0.1, 0.15) is 5.82 Å². The average molecular weight is 364 g/mol. The van der Waals surface area contributed by atoms with E-state index < -0.39 is 0 Å². The highest BCUT2D eigenvalue weighted by Gasteiger charge is 2.19. The molecule has 0 aromatic carbocycles. The van der Waals surface area contributed by atoms with Crippen LogP contribution in [-0.4, -0.2) is 36.7 Å². The maximum Gasteiger partial charge on any atom is 0.332 e. The molecular formula is C19H33N5O2. The van der Waals surface area contributed by atoms with E-state index in [2.05, 4.69) is 37.6 Å². The summed E-state index contributed by atoms with van der Waals surface area (Å²) in [6.07, 6.45) is 2.25. The number of aromatic nitrogens is 4. The average Bonchev–Trinajstić information content (AvgIpc) is 2.90. The predicted octanol–water partition coefficient (Wildman–Crippen LogP) is 1.86. The van der Waals surface area contributed by atoms with E-state index in [0.29, 0.717) is 29.5 Å². The number of hydrogen-bond donors (Lipinski definition) is 0. The van der Waals surface area contributed by atoms with Crippen LogP contribution >= 0.6 is 0 Å². The Hall–Kier alpha value is -1.89. The molecule has 7 nitrogen and oxygen atoms in total. The van der Waals surface area contributed by atoms with Crippen molar-refractivity contribution in [3.05, 3.63) is 26.7 Å². The van der Waals surface area contributed by atoms with Gasteiger partial charge >= 0.3 is 5.69 Å². The van der Waals surface area contributed by atoms with Gasteiger partial charge in [0.05, 0.1) is 6.54 Å². The van der Waals surface area contributed by atoms with Crippen LogP contribution in [0, 0.1) is 11.8 Å². The molecule has 0 radical (unpaired) electrons. The van der Waals surface area contributed by atoms with Gasteiger partial charge in [-0.3, -0.25) is 18.8 Å². The Bertz CT molecular complexity index is 861. The van der Waals surface area contributed by atoms with E-state index in [1.165, 1.54) is 11.6 Å². The quantitative estimate of drug-likeness (QED) is 0.718. The van der Waals surface area contributed by atoms with Crippen molar-refractivity contribution in [2.75, 3.05) is 13.1 Å². The summed E-state index contributed by atoms with van der Waals surface area (Å²) in [7, 11) is 5.03. The molecule has 26 heavy (non-hydrogen) atoms. The largest absolute Gasteiger partial charge is 0.332 e. The highest BCUT2D eigenvalue weighted by atomic mass is 16.2. The molecule has 2 aromatic rings. The molecule has 0 atom stereocenters. The second kappa shape index (κ2) is 8.20. The number of rotatable bonds is 8. The predicted molar refractivity (Wildman–Crippen MR) is 105 cm³/mol. The van der Waals surface area contributed by atoms with Crippen molar-refractivity contribution in [1.82, 2.24) is 23.6 Å². The van der Waals surface area contributed by atoms with Crippen molar-refractivity contribution in [2.45, 2.75) is 47.1 Å². The minimum atomic E-state index is -0.344. The van der Waals surface area contributed by atoms with Gasteiger partial charge in [0, 0.05) is 21.1 Å². The van der Waals surface area contributed by atoms with Gasteiger partial charge in [-0.1, -0.05) is 27.7 Å². The van der Waals surface area contributed by atoms with Crippen molar-refractivity contribution >= 4 is 11.2 Å². The molecule has 2 heterocycles. The third kappa shape index (κ3) is 4.26. The summed E-state index contributed by atoms with van der Waals surface area (Å²) >= 11 is 0. The van der Waals surface area contributed by atoms with Gasteiger partial charge in [0.25, 0.3) is 5.56 Å². The molecule has 0 bridgehead atoms. The maximum atomic E-state index is 12.5. The highest BCUT2D eigenvalue weighted by Crippen LogP contribution is 2.14. The molecule has 0 aliphatic heterocycles. The van der Waals surface area contributed by atoms with Crippen LogP contribution in [-0.2, 0) is 27.7 Å². The van der Waals surface area contributed by atoms with Gasteiger partial charge in [-0.25, -0.2) is 9.78 Å². The molecule has 0 aliphatic carbocycles. The van der Waals surface area contributed by atoms with Crippen LogP contribution < -0.4 is 11.2 Å². The molecular weight excluding hydrogens is 330 g/mol. The number of hydrogen-bond acceptors (Lipinski definition) is 4. The van der Waals surface area contributed by atoms with Gasteiger partial charge in [-0.15, -0.1) is 0 Å². The molecule has 0 spiro atoms. The summed E-state index contributed by atoms with van der Waals surface area (Å²) in [5, 5.41) is 0. The van der Waals surface area contributed by atoms with Crippen LogP contribution in [0.3, 0.4) is 0 Å². The first-order valence-electron chi connectivity index (χ1n) is 9.47. The van der Waals surface area contributed by atoms with Gasteiger partial charge in [-0.2, -0.15) is 0 Å². The van der Waals surface area contributed by atoms with E-state index in [1.54, 1.807) is 7.05 Å². The lowest BCUT2D eigenvalue weighted by atomic mass is 10.1. The first-order chi connectivity index (χ1) is 12.1. The molecule has 146 valence electrons. The minimum absolute atomic E-state index is 0.291. The smallest absolute Gasteiger partial charge is 0.324 e. The van der Waals surface area contributed by atoms with E-state index >= 15 is 0 Å². The van der Waals surface area contributed by atoms with Crippen molar-refractivity contribution in [3.8, 4) is 0 Å². The molecule has 2 rings (SSSR count). The normalized spacial score (nSPS) is 12.2. The lowest BCUT2D eigenvalue weighted by molar-refractivity contribution is 0.229. The Labute approximate surface area is 155 Å². The Balaban J connectivity index is 2.39.